The minimum absolute atomic E-state index is 0.221. The van der Waals surface area contributed by atoms with Gasteiger partial charge in [-0.05, 0) is 47.3 Å². The molecule has 0 aliphatic heterocycles. The first-order valence-corrected chi connectivity index (χ1v) is 7.32. The fourth-order valence-electron chi connectivity index (χ4n) is 1.85. The van der Waals surface area contributed by atoms with Crippen LogP contribution in [0.2, 0.25) is 5.02 Å². The molecule has 0 bridgehead atoms. The van der Waals surface area contributed by atoms with Gasteiger partial charge in [0.25, 0.3) is 5.49 Å². The molecule has 124 valence electrons. The van der Waals surface area contributed by atoms with Crippen LogP contribution in [0.25, 0.3) is 5.69 Å². The number of ether oxygens (including phenoxy) is 1. The lowest BCUT2D eigenvalue weighted by Crippen LogP contribution is -2.22. The predicted octanol–water partition coefficient (Wildman–Crippen LogP) is 1.80. The molecule has 0 amide bonds. The number of halogens is 1. The van der Waals surface area contributed by atoms with Crippen LogP contribution in [-0.2, 0) is 4.74 Å². The van der Waals surface area contributed by atoms with E-state index in [2.05, 4.69) is 10.1 Å². The molecule has 0 atom stereocenters. The van der Waals surface area contributed by atoms with Gasteiger partial charge >= 0.3 is 5.82 Å². The van der Waals surface area contributed by atoms with Crippen molar-refractivity contribution >= 4 is 17.4 Å². The molecular formula is C13H16ClN5O4. The summed E-state index contributed by atoms with van der Waals surface area (Å²) in [4.78, 5) is 16.0. The van der Waals surface area contributed by atoms with Gasteiger partial charge in [-0.3, -0.25) is 4.99 Å². The highest BCUT2D eigenvalue weighted by atomic mass is 35.5. The summed E-state index contributed by atoms with van der Waals surface area (Å²) in [6, 6.07) is 6.32. The largest absolute Gasteiger partial charge is 0.438 e. The maximum Gasteiger partial charge on any atom is 0.438 e. The van der Waals surface area contributed by atoms with Crippen molar-refractivity contribution in [2.24, 2.45) is 4.99 Å². The average molecular weight is 342 g/mol. The Labute approximate surface area is 136 Å². The van der Waals surface area contributed by atoms with Crippen molar-refractivity contribution in [2.75, 3.05) is 19.8 Å². The highest BCUT2D eigenvalue weighted by Crippen LogP contribution is 2.13. The van der Waals surface area contributed by atoms with Gasteiger partial charge in [-0.1, -0.05) is 16.4 Å². The molecular weight excluding hydrogens is 326 g/mol. The van der Waals surface area contributed by atoms with Crippen molar-refractivity contribution in [3.05, 3.63) is 44.9 Å². The van der Waals surface area contributed by atoms with Crippen LogP contribution in [0, 0.1) is 10.1 Å². The van der Waals surface area contributed by atoms with Crippen LogP contribution in [0.1, 0.15) is 13.3 Å². The molecule has 2 rings (SSSR count). The molecule has 9 nitrogen and oxygen atoms in total. The molecule has 0 unspecified atom stereocenters. The van der Waals surface area contributed by atoms with E-state index in [0.29, 0.717) is 35.2 Å². The molecule has 10 heteroatoms. The van der Waals surface area contributed by atoms with Gasteiger partial charge in [0.05, 0.1) is 5.10 Å². The molecule has 1 aromatic heterocycles. The summed E-state index contributed by atoms with van der Waals surface area (Å²) in [5.74, 6) is -0.529. The maximum atomic E-state index is 11.1. The molecule has 2 aromatic rings. The van der Waals surface area contributed by atoms with Crippen LogP contribution in [-0.4, -0.2) is 44.6 Å². The minimum atomic E-state index is -0.694. The van der Waals surface area contributed by atoms with E-state index in [1.165, 1.54) is 0 Å². The molecule has 0 aliphatic carbocycles. The van der Waals surface area contributed by atoms with Crippen LogP contribution in [0.5, 0.6) is 0 Å². The molecule has 1 aromatic carbocycles. The Hall–Kier alpha value is -2.39. The molecule has 0 spiro atoms. The smallest absolute Gasteiger partial charge is 0.409 e. The normalized spacial score (nSPS) is 11.8. The third-order valence-electron chi connectivity index (χ3n) is 2.90. The van der Waals surface area contributed by atoms with Gasteiger partial charge in [-0.25, -0.2) is 0 Å². The number of nitrogens with zero attached hydrogens (tertiary/aromatic N) is 5. The van der Waals surface area contributed by atoms with Gasteiger partial charge in [0.15, 0.2) is 0 Å². The van der Waals surface area contributed by atoms with Crippen LogP contribution >= 0.6 is 11.6 Å². The summed E-state index contributed by atoms with van der Waals surface area (Å²) in [7, 11) is 0. The van der Waals surface area contributed by atoms with Crippen LogP contribution < -0.4 is 5.49 Å². The Morgan fingerprint density at radius 1 is 1.43 bits per heavy atom. The first-order chi connectivity index (χ1) is 11.0. The van der Waals surface area contributed by atoms with Crippen molar-refractivity contribution in [3.63, 3.8) is 0 Å². The number of aromatic nitrogens is 3. The molecule has 1 heterocycles. The van der Waals surface area contributed by atoms with Gasteiger partial charge in [0.2, 0.25) is 0 Å². The van der Waals surface area contributed by atoms with Crippen molar-refractivity contribution in [2.45, 2.75) is 13.3 Å². The standard InChI is InChI=1S/C13H16ClN5O4/c1-2-23-9-3-8-15-12-13(19(21)22)16-17(18(12)20)11-6-4-10(14)5-7-11/h4-7,20H,2-3,8-9H2,1H3. The minimum Gasteiger partial charge on any atom is -0.409 e. The molecule has 0 radical (unpaired) electrons. The van der Waals surface area contributed by atoms with E-state index < -0.39 is 10.7 Å². The van der Waals surface area contributed by atoms with Crippen molar-refractivity contribution in [1.82, 2.24) is 14.7 Å². The lowest BCUT2D eigenvalue weighted by molar-refractivity contribution is -0.391. The van der Waals surface area contributed by atoms with Crippen molar-refractivity contribution in [1.29, 1.82) is 0 Å². The first-order valence-electron chi connectivity index (χ1n) is 6.94. The fourth-order valence-corrected chi connectivity index (χ4v) is 1.97. The van der Waals surface area contributed by atoms with E-state index in [1.807, 2.05) is 6.92 Å². The monoisotopic (exact) mass is 341 g/mol. The Balaban J connectivity index is 2.35. The Kier molecular flexibility index (Phi) is 5.72. The number of hydrogen-bond donors (Lipinski definition) is 1. The topological polar surface area (TPSA) is 108 Å². The molecule has 0 saturated heterocycles. The van der Waals surface area contributed by atoms with Crippen LogP contribution in [0.3, 0.4) is 0 Å². The summed E-state index contributed by atoms with van der Waals surface area (Å²) >= 11 is 5.80. The SMILES string of the molecule is CCOCCCN=c1c([N+](=O)[O-])nn(-c2ccc(Cl)cc2)n1O. The summed E-state index contributed by atoms with van der Waals surface area (Å²) in [5.41, 5.74) is 0.192. The van der Waals surface area contributed by atoms with Gasteiger partial charge < -0.3 is 20.1 Å². The summed E-state index contributed by atoms with van der Waals surface area (Å²) in [6.07, 6.45) is 0.580. The maximum absolute atomic E-state index is 11.1. The fraction of sp³-hybridized carbons (Fsp3) is 0.385. The van der Waals surface area contributed by atoms with E-state index in [-0.39, 0.29) is 12.0 Å². The second kappa shape index (κ2) is 7.75. The third kappa shape index (κ3) is 4.08. The third-order valence-corrected chi connectivity index (χ3v) is 3.15. The zero-order chi connectivity index (χ0) is 16.8. The zero-order valence-electron chi connectivity index (χ0n) is 12.4. The summed E-state index contributed by atoms with van der Waals surface area (Å²) < 4.78 is 5.17. The first kappa shape index (κ1) is 17.0. The Morgan fingerprint density at radius 2 is 2.13 bits per heavy atom. The average Bonchev–Trinajstić information content (AvgIpc) is 2.85. The number of benzene rings is 1. The van der Waals surface area contributed by atoms with Crippen molar-refractivity contribution < 1.29 is 14.9 Å². The zero-order valence-corrected chi connectivity index (χ0v) is 13.2. The van der Waals surface area contributed by atoms with E-state index in [9.17, 15) is 15.3 Å². The predicted molar refractivity (Wildman–Crippen MR) is 81.9 cm³/mol. The van der Waals surface area contributed by atoms with Gasteiger partial charge in [0, 0.05) is 24.8 Å². The quantitative estimate of drug-likeness (QED) is 0.357. The number of rotatable bonds is 7. The van der Waals surface area contributed by atoms with Gasteiger partial charge in [-0.15, -0.1) is 0 Å². The van der Waals surface area contributed by atoms with Crippen molar-refractivity contribution in [3.8, 4) is 5.69 Å². The lowest BCUT2D eigenvalue weighted by atomic mass is 10.3. The molecule has 0 aliphatic rings. The van der Waals surface area contributed by atoms with E-state index in [1.54, 1.807) is 24.3 Å². The van der Waals surface area contributed by atoms with Crippen LogP contribution in [0.4, 0.5) is 5.82 Å². The van der Waals surface area contributed by atoms with Crippen LogP contribution in [0.15, 0.2) is 29.3 Å². The van der Waals surface area contributed by atoms with E-state index in [4.69, 9.17) is 16.3 Å². The van der Waals surface area contributed by atoms with E-state index in [0.717, 1.165) is 4.80 Å². The van der Waals surface area contributed by atoms with E-state index >= 15 is 0 Å². The molecule has 0 fully saturated rings. The Bertz CT molecular complexity index is 738. The molecule has 0 saturated carbocycles. The second-order valence-corrected chi connectivity index (χ2v) is 4.93. The number of nitro groups is 1. The highest BCUT2D eigenvalue weighted by molar-refractivity contribution is 6.30. The highest BCUT2D eigenvalue weighted by Gasteiger charge is 2.23. The molecule has 1 N–H and O–H groups in total. The summed E-state index contributed by atoms with van der Waals surface area (Å²) in [5, 5.41) is 25.5. The van der Waals surface area contributed by atoms with Gasteiger partial charge in [-0.2, -0.15) is 0 Å². The van der Waals surface area contributed by atoms with Gasteiger partial charge in [0.1, 0.15) is 5.69 Å². The lowest BCUT2D eigenvalue weighted by Gasteiger charge is -2.00. The summed E-state index contributed by atoms with van der Waals surface area (Å²) in [6.45, 7) is 3.23. The number of hydrogen-bond acceptors (Lipinski definition) is 6. The Morgan fingerprint density at radius 3 is 2.74 bits per heavy atom. The second-order valence-electron chi connectivity index (χ2n) is 4.49. The molecule has 23 heavy (non-hydrogen) atoms.